The summed E-state index contributed by atoms with van der Waals surface area (Å²) in [6, 6.07) is 0.498. The number of halogens is 1. The van der Waals surface area contributed by atoms with Crippen LogP contribution in [0.5, 0.6) is 6.01 Å². The normalized spacial score (nSPS) is 29.7. The Labute approximate surface area is 129 Å². The van der Waals surface area contributed by atoms with Crippen molar-refractivity contribution in [1.29, 1.82) is 0 Å². The Morgan fingerprint density at radius 3 is 3.10 bits per heavy atom. The van der Waals surface area contributed by atoms with Crippen molar-refractivity contribution < 1.29 is 14.6 Å². The Bertz CT molecular complexity index is 502. The van der Waals surface area contributed by atoms with Gasteiger partial charge in [0, 0.05) is 25.1 Å². The van der Waals surface area contributed by atoms with Gasteiger partial charge in [-0.15, -0.1) is 0 Å². The van der Waals surface area contributed by atoms with Crippen LogP contribution in [0.3, 0.4) is 0 Å². The summed E-state index contributed by atoms with van der Waals surface area (Å²) in [4.78, 5) is 10.6. The van der Waals surface area contributed by atoms with E-state index < -0.39 is 0 Å². The number of aliphatic hydroxyl groups excluding tert-OH is 1. The molecule has 0 amide bonds. The summed E-state index contributed by atoms with van der Waals surface area (Å²) < 4.78 is 10.6. The van der Waals surface area contributed by atoms with Crippen LogP contribution in [0.25, 0.3) is 0 Å². The maximum atomic E-state index is 10.3. The van der Waals surface area contributed by atoms with Gasteiger partial charge in [-0.05, 0) is 19.3 Å². The quantitative estimate of drug-likeness (QED) is 0.912. The van der Waals surface area contributed by atoms with Gasteiger partial charge in [0.25, 0.3) is 0 Å². The van der Waals surface area contributed by atoms with Crippen molar-refractivity contribution in [1.82, 2.24) is 9.97 Å². The van der Waals surface area contributed by atoms with Crippen LogP contribution in [0.2, 0.25) is 5.02 Å². The first-order valence-corrected chi connectivity index (χ1v) is 7.67. The molecular weight excluding hydrogens is 294 g/mol. The van der Waals surface area contributed by atoms with Crippen molar-refractivity contribution in [2.75, 3.05) is 31.8 Å². The van der Waals surface area contributed by atoms with Gasteiger partial charge in [-0.1, -0.05) is 11.6 Å². The van der Waals surface area contributed by atoms with Crippen molar-refractivity contribution in [2.24, 2.45) is 5.92 Å². The fraction of sp³-hybridized carbons (Fsp3) is 0.714. The Hall–Kier alpha value is -1.11. The molecule has 0 radical (unpaired) electrons. The first-order chi connectivity index (χ1) is 10.2. The third-order valence-electron chi connectivity index (χ3n) is 4.31. The van der Waals surface area contributed by atoms with Gasteiger partial charge in [-0.3, -0.25) is 0 Å². The highest BCUT2D eigenvalue weighted by Crippen LogP contribution is 2.36. The van der Waals surface area contributed by atoms with Crippen LogP contribution < -0.4 is 9.64 Å². The van der Waals surface area contributed by atoms with E-state index in [1.807, 2.05) is 0 Å². The van der Waals surface area contributed by atoms with Crippen LogP contribution in [-0.2, 0) is 4.74 Å². The van der Waals surface area contributed by atoms with Crippen molar-refractivity contribution in [3.63, 3.8) is 0 Å². The number of hydrogen-bond donors (Lipinski definition) is 1. The summed E-state index contributed by atoms with van der Waals surface area (Å²) >= 11 is 6.26. The molecule has 116 valence electrons. The summed E-state index contributed by atoms with van der Waals surface area (Å²) in [5.41, 5.74) is 0. The van der Waals surface area contributed by atoms with E-state index in [-0.39, 0.29) is 18.1 Å². The van der Waals surface area contributed by atoms with E-state index in [9.17, 15) is 5.11 Å². The molecule has 0 aliphatic carbocycles. The van der Waals surface area contributed by atoms with Crippen molar-refractivity contribution in [3.8, 4) is 6.01 Å². The first-order valence-electron chi connectivity index (χ1n) is 7.29. The summed E-state index contributed by atoms with van der Waals surface area (Å²) in [6.45, 7) is 2.09. The summed E-state index contributed by atoms with van der Waals surface area (Å²) in [5, 5.41) is 10.8. The second-order valence-corrected chi connectivity index (χ2v) is 5.93. The minimum atomic E-state index is -0.327. The minimum absolute atomic E-state index is 0.0956. The third kappa shape index (κ3) is 2.93. The molecule has 0 spiro atoms. The van der Waals surface area contributed by atoms with E-state index in [0.29, 0.717) is 36.5 Å². The lowest BCUT2D eigenvalue weighted by molar-refractivity contribution is -0.0438. The molecule has 2 aliphatic heterocycles. The molecule has 0 aromatic carbocycles. The zero-order chi connectivity index (χ0) is 14.8. The van der Waals surface area contributed by atoms with Crippen LogP contribution in [0, 0.1) is 5.92 Å². The smallest absolute Gasteiger partial charge is 0.318 e. The van der Waals surface area contributed by atoms with Gasteiger partial charge in [0.15, 0.2) is 5.82 Å². The number of rotatable bonds is 3. The topological polar surface area (TPSA) is 67.7 Å². The average Bonchev–Trinajstić information content (AvgIpc) is 2.97. The first kappa shape index (κ1) is 14.8. The summed E-state index contributed by atoms with van der Waals surface area (Å²) in [5.74, 6) is 0.780. The molecule has 3 atom stereocenters. The van der Waals surface area contributed by atoms with Crippen LogP contribution >= 0.6 is 11.6 Å². The molecule has 1 aromatic heterocycles. The average molecular weight is 314 g/mol. The molecule has 7 heteroatoms. The lowest BCUT2D eigenvalue weighted by Gasteiger charge is -2.37. The zero-order valence-corrected chi connectivity index (χ0v) is 12.8. The summed E-state index contributed by atoms with van der Waals surface area (Å²) in [6.07, 6.45) is 3.98. The van der Waals surface area contributed by atoms with Crippen LogP contribution in [0.15, 0.2) is 6.20 Å². The van der Waals surface area contributed by atoms with Crippen LogP contribution in [0.4, 0.5) is 5.82 Å². The monoisotopic (exact) mass is 313 g/mol. The molecule has 0 bridgehead atoms. The number of anilines is 1. The van der Waals surface area contributed by atoms with Crippen molar-refractivity contribution in [3.05, 3.63) is 11.2 Å². The number of aliphatic hydroxyl groups is 1. The van der Waals surface area contributed by atoms with Gasteiger partial charge in [-0.25, -0.2) is 4.98 Å². The lowest BCUT2D eigenvalue weighted by Crippen LogP contribution is -2.46. The summed E-state index contributed by atoms with van der Waals surface area (Å²) in [7, 11) is 1.53. The molecule has 2 saturated heterocycles. The fourth-order valence-corrected chi connectivity index (χ4v) is 3.46. The highest BCUT2D eigenvalue weighted by atomic mass is 35.5. The van der Waals surface area contributed by atoms with Crippen LogP contribution in [0.1, 0.15) is 19.3 Å². The van der Waals surface area contributed by atoms with E-state index in [1.54, 1.807) is 6.20 Å². The van der Waals surface area contributed by atoms with Crippen molar-refractivity contribution >= 4 is 17.4 Å². The molecule has 2 aliphatic rings. The Balaban J connectivity index is 1.86. The van der Waals surface area contributed by atoms with E-state index in [0.717, 1.165) is 19.4 Å². The molecule has 3 heterocycles. The molecule has 0 saturated carbocycles. The van der Waals surface area contributed by atoms with Gasteiger partial charge in [-0.2, -0.15) is 4.98 Å². The second-order valence-electron chi connectivity index (χ2n) is 5.53. The molecular formula is C14H20ClN3O3. The van der Waals surface area contributed by atoms with Gasteiger partial charge < -0.3 is 19.5 Å². The van der Waals surface area contributed by atoms with E-state index >= 15 is 0 Å². The molecule has 21 heavy (non-hydrogen) atoms. The Morgan fingerprint density at radius 2 is 2.33 bits per heavy atom. The van der Waals surface area contributed by atoms with Gasteiger partial charge >= 0.3 is 6.01 Å². The minimum Gasteiger partial charge on any atom is -0.467 e. The highest BCUT2D eigenvalue weighted by Gasteiger charge is 2.38. The zero-order valence-electron chi connectivity index (χ0n) is 12.0. The number of hydrogen-bond acceptors (Lipinski definition) is 6. The molecule has 1 aromatic rings. The Kier molecular flexibility index (Phi) is 4.47. The molecule has 0 unspecified atom stereocenters. The highest BCUT2D eigenvalue weighted by molar-refractivity contribution is 6.32. The lowest BCUT2D eigenvalue weighted by atomic mass is 9.89. The number of ether oxygens (including phenoxy) is 2. The van der Waals surface area contributed by atoms with E-state index in [2.05, 4.69) is 14.9 Å². The fourth-order valence-electron chi connectivity index (χ4n) is 3.26. The molecule has 6 nitrogen and oxygen atoms in total. The number of nitrogens with zero attached hydrogens (tertiary/aromatic N) is 3. The SMILES string of the molecule is COc1ncc(Cl)c(N2CCC[C@@H]2[C@@H]2COCC[C@@H]2O)n1. The molecule has 3 rings (SSSR count). The van der Waals surface area contributed by atoms with Crippen LogP contribution in [-0.4, -0.2) is 54.1 Å². The molecule has 2 fully saturated rings. The van der Waals surface area contributed by atoms with Crippen molar-refractivity contribution in [2.45, 2.75) is 31.4 Å². The van der Waals surface area contributed by atoms with E-state index in [4.69, 9.17) is 21.1 Å². The van der Waals surface area contributed by atoms with Gasteiger partial charge in [0.05, 0.1) is 26.0 Å². The second kappa shape index (κ2) is 6.34. The third-order valence-corrected chi connectivity index (χ3v) is 4.58. The Morgan fingerprint density at radius 1 is 1.48 bits per heavy atom. The predicted molar refractivity (Wildman–Crippen MR) is 78.9 cm³/mol. The van der Waals surface area contributed by atoms with Gasteiger partial charge in [0.1, 0.15) is 5.02 Å². The largest absolute Gasteiger partial charge is 0.467 e. The van der Waals surface area contributed by atoms with E-state index in [1.165, 1.54) is 7.11 Å². The number of methoxy groups -OCH3 is 1. The predicted octanol–water partition coefficient (Wildman–Crippen LogP) is 1.50. The molecule has 1 N–H and O–H groups in total. The maximum absolute atomic E-state index is 10.3. The standard InChI is InChI=1S/C14H20ClN3O3/c1-20-14-16-7-10(15)13(17-14)18-5-2-3-11(18)9-8-21-6-4-12(9)19/h7,9,11-12,19H,2-6,8H2,1H3/t9-,11+,12-/m0/s1. The number of aromatic nitrogens is 2. The maximum Gasteiger partial charge on any atom is 0.318 e. The van der Waals surface area contributed by atoms with Gasteiger partial charge in [0.2, 0.25) is 0 Å².